The van der Waals surface area contributed by atoms with Gasteiger partial charge in [0.2, 0.25) is 0 Å². The molecule has 3 N–H and O–H groups in total. The molecular formula is C12H11F3N4. The predicted molar refractivity (Wildman–Crippen MR) is 62.6 cm³/mol. The van der Waals surface area contributed by atoms with E-state index >= 15 is 0 Å². The summed E-state index contributed by atoms with van der Waals surface area (Å²) in [4.78, 5) is 7.97. The Balaban J connectivity index is 2.40. The molecule has 0 spiro atoms. The van der Waals surface area contributed by atoms with Gasteiger partial charge in [-0.3, -0.25) is 5.84 Å². The topological polar surface area (TPSA) is 63.8 Å². The molecule has 1 atom stereocenters. The number of hydrogen-bond donors (Lipinski definition) is 2. The Bertz CT molecular complexity index is 542. The lowest BCUT2D eigenvalue weighted by atomic mass is 10.0. The molecule has 2 aromatic rings. The zero-order valence-corrected chi connectivity index (χ0v) is 9.72. The summed E-state index contributed by atoms with van der Waals surface area (Å²) < 4.78 is 38.0. The van der Waals surface area contributed by atoms with Crippen molar-refractivity contribution in [3.63, 3.8) is 0 Å². The summed E-state index contributed by atoms with van der Waals surface area (Å²) in [5.74, 6) is 5.69. The van der Waals surface area contributed by atoms with Crippen LogP contribution in [0, 0.1) is 0 Å². The van der Waals surface area contributed by atoms with Crippen LogP contribution in [0.3, 0.4) is 0 Å². The minimum atomic E-state index is -4.40. The summed E-state index contributed by atoms with van der Waals surface area (Å²) in [6.45, 7) is 0. The molecule has 7 heteroatoms. The van der Waals surface area contributed by atoms with E-state index in [1.165, 1.54) is 24.5 Å². The summed E-state index contributed by atoms with van der Waals surface area (Å²) in [5.41, 5.74) is 2.04. The molecule has 0 bridgehead atoms. The molecule has 0 fully saturated rings. The van der Waals surface area contributed by atoms with Crippen LogP contribution < -0.4 is 11.3 Å². The molecule has 0 saturated heterocycles. The Morgan fingerprint density at radius 1 is 1.11 bits per heavy atom. The number of hydrazine groups is 1. The van der Waals surface area contributed by atoms with Crippen LogP contribution in [0.2, 0.25) is 0 Å². The van der Waals surface area contributed by atoms with Crippen molar-refractivity contribution in [3.8, 4) is 0 Å². The van der Waals surface area contributed by atoms with Gasteiger partial charge in [-0.15, -0.1) is 0 Å². The monoisotopic (exact) mass is 268 g/mol. The molecule has 0 aliphatic rings. The van der Waals surface area contributed by atoms with Crippen LogP contribution >= 0.6 is 0 Å². The number of rotatable bonds is 3. The maximum absolute atomic E-state index is 12.7. The van der Waals surface area contributed by atoms with Crippen LogP contribution in [0.15, 0.2) is 42.7 Å². The maximum Gasteiger partial charge on any atom is 0.416 e. The molecule has 19 heavy (non-hydrogen) atoms. The second-order valence-electron chi connectivity index (χ2n) is 3.83. The lowest BCUT2D eigenvalue weighted by Gasteiger charge is -2.16. The van der Waals surface area contributed by atoms with E-state index in [4.69, 9.17) is 5.84 Å². The van der Waals surface area contributed by atoms with E-state index in [1.807, 2.05) is 0 Å². The van der Waals surface area contributed by atoms with Crippen molar-refractivity contribution < 1.29 is 13.2 Å². The minimum absolute atomic E-state index is 0.310. The van der Waals surface area contributed by atoms with Gasteiger partial charge in [0, 0.05) is 12.4 Å². The van der Waals surface area contributed by atoms with Crippen LogP contribution in [0.25, 0.3) is 0 Å². The average molecular weight is 268 g/mol. The quantitative estimate of drug-likeness (QED) is 0.660. The van der Waals surface area contributed by atoms with Crippen LogP contribution in [0.5, 0.6) is 0 Å². The number of nitrogens with zero attached hydrogens (tertiary/aromatic N) is 2. The van der Waals surface area contributed by atoms with Gasteiger partial charge >= 0.3 is 6.18 Å². The number of nitrogens with two attached hydrogens (primary N) is 1. The lowest BCUT2D eigenvalue weighted by Crippen LogP contribution is -2.30. The highest BCUT2D eigenvalue weighted by Crippen LogP contribution is 2.31. The van der Waals surface area contributed by atoms with Gasteiger partial charge < -0.3 is 0 Å². The van der Waals surface area contributed by atoms with Crippen molar-refractivity contribution in [2.24, 2.45) is 5.84 Å². The molecule has 0 amide bonds. The Hall–Kier alpha value is -1.99. The third kappa shape index (κ3) is 3.07. The smallest absolute Gasteiger partial charge is 0.270 e. The van der Waals surface area contributed by atoms with Crippen molar-refractivity contribution in [3.05, 3.63) is 59.7 Å². The first-order valence-electron chi connectivity index (χ1n) is 5.42. The summed E-state index contributed by atoms with van der Waals surface area (Å²) in [5, 5.41) is 0. The average Bonchev–Trinajstić information content (AvgIpc) is 2.40. The van der Waals surface area contributed by atoms with E-state index in [1.54, 1.807) is 6.07 Å². The first-order chi connectivity index (χ1) is 9.02. The highest BCUT2D eigenvalue weighted by molar-refractivity contribution is 5.30. The number of benzene rings is 1. The first-order valence-corrected chi connectivity index (χ1v) is 5.42. The Kier molecular flexibility index (Phi) is 3.77. The van der Waals surface area contributed by atoms with E-state index in [-0.39, 0.29) is 0 Å². The molecule has 1 unspecified atom stereocenters. The third-order valence-corrected chi connectivity index (χ3v) is 2.56. The largest absolute Gasteiger partial charge is 0.416 e. The Morgan fingerprint density at radius 3 is 2.37 bits per heavy atom. The summed E-state index contributed by atoms with van der Waals surface area (Å²) in [6, 6.07) is 5.82. The second-order valence-corrected chi connectivity index (χ2v) is 3.83. The van der Waals surface area contributed by atoms with Crippen molar-refractivity contribution in [1.82, 2.24) is 15.4 Å². The van der Waals surface area contributed by atoms with Crippen LogP contribution in [-0.2, 0) is 6.18 Å². The predicted octanol–water partition coefficient (Wildman–Crippen LogP) is 2.05. The van der Waals surface area contributed by atoms with Crippen molar-refractivity contribution >= 4 is 0 Å². The molecule has 1 aromatic heterocycles. The Morgan fingerprint density at radius 2 is 1.79 bits per heavy atom. The minimum Gasteiger partial charge on any atom is -0.270 e. The fourth-order valence-electron chi connectivity index (χ4n) is 1.67. The van der Waals surface area contributed by atoms with E-state index in [0.29, 0.717) is 11.4 Å². The van der Waals surface area contributed by atoms with Crippen LogP contribution in [0.1, 0.15) is 23.0 Å². The standard InChI is InChI=1S/C12H11F3N4/c13-12(14,15)9-4-1-3-8(7-9)10(19-16)11-17-5-2-6-18-11/h1-7,10,19H,16H2. The molecule has 1 heterocycles. The van der Waals surface area contributed by atoms with E-state index in [2.05, 4.69) is 15.4 Å². The number of hydrogen-bond acceptors (Lipinski definition) is 4. The molecule has 0 radical (unpaired) electrons. The van der Waals surface area contributed by atoms with Crippen LogP contribution in [-0.4, -0.2) is 9.97 Å². The highest BCUT2D eigenvalue weighted by Gasteiger charge is 2.31. The van der Waals surface area contributed by atoms with E-state index < -0.39 is 17.8 Å². The number of nitrogens with one attached hydrogen (secondary N) is 1. The molecule has 0 aliphatic heterocycles. The SMILES string of the molecule is NNC(c1cccc(C(F)(F)F)c1)c1ncccn1. The molecule has 4 nitrogen and oxygen atoms in total. The Labute approximate surface area is 107 Å². The van der Waals surface area contributed by atoms with Gasteiger partial charge in [-0.25, -0.2) is 15.4 Å². The lowest BCUT2D eigenvalue weighted by molar-refractivity contribution is -0.137. The van der Waals surface area contributed by atoms with E-state index in [0.717, 1.165) is 12.1 Å². The fourth-order valence-corrected chi connectivity index (χ4v) is 1.67. The van der Waals surface area contributed by atoms with Crippen LogP contribution in [0.4, 0.5) is 13.2 Å². The van der Waals surface area contributed by atoms with Crippen molar-refractivity contribution in [1.29, 1.82) is 0 Å². The van der Waals surface area contributed by atoms with Gasteiger partial charge in [-0.2, -0.15) is 13.2 Å². The van der Waals surface area contributed by atoms with Crippen molar-refractivity contribution in [2.75, 3.05) is 0 Å². The van der Waals surface area contributed by atoms with Gasteiger partial charge in [-0.05, 0) is 23.8 Å². The van der Waals surface area contributed by atoms with Gasteiger partial charge in [0.15, 0.2) is 5.82 Å². The molecule has 2 rings (SSSR count). The first kappa shape index (κ1) is 13.4. The molecule has 0 saturated carbocycles. The van der Waals surface area contributed by atoms with E-state index in [9.17, 15) is 13.2 Å². The highest BCUT2D eigenvalue weighted by atomic mass is 19.4. The van der Waals surface area contributed by atoms with Crippen molar-refractivity contribution in [2.45, 2.75) is 12.2 Å². The zero-order chi connectivity index (χ0) is 13.9. The summed E-state index contributed by atoms with van der Waals surface area (Å²) in [7, 11) is 0. The third-order valence-electron chi connectivity index (χ3n) is 2.56. The second kappa shape index (κ2) is 5.33. The fraction of sp³-hybridized carbons (Fsp3) is 0.167. The molecule has 100 valence electrons. The zero-order valence-electron chi connectivity index (χ0n) is 9.72. The normalized spacial score (nSPS) is 13.3. The number of alkyl halides is 3. The number of aromatic nitrogens is 2. The number of halogens is 3. The summed E-state index contributed by atoms with van der Waals surface area (Å²) in [6.07, 6.45) is -1.40. The molecule has 0 aliphatic carbocycles. The van der Waals surface area contributed by atoms with Gasteiger partial charge in [0.25, 0.3) is 0 Å². The van der Waals surface area contributed by atoms with Gasteiger partial charge in [0.05, 0.1) is 5.56 Å². The molecule has 1 aromatic carbocycles. The van der Waals surface area contributed by atoms with Gasteiger partial charge in [-0.1, -0.05) is 12.1 Å². The summed E-state index contributed by atoms with van der Waals surface area (Å²) >= 11 is 0. The van der Waals surface area contributed by atoms with Gasteiger partial charge in [0.1, 0.15) is 6.04 Å². The maximum atomic E-state index is 12.7. The molecular weight excluding hydrogens is 257 g/mol.